The van der Waals surface area contributed by atoms with Gasteiger partial charge in [-0.3, -0.25) is 4.90 Å². The maximum Gasteiger partial charge on any atom is 0.387 e. The summed E-state index contributed by atoms with van der Waals surface area (Å²) in [6.07, 6.45) is 0. The zero-order chi connectivity index (χ0) is 17.4. The number of benzene rings is 1. The third kappa shape index (κ3) is 6.22. The first-order valence-corrected chi connectivity index (χ1v) is 8.32. The van der Waals surface area contributed by atoms with E-state index in [0.717, 1.165) is 38.4 Å². The van der Waals surface area contributed by atoms with Crippen LogP contribution in [0.2, 0.25) is 0 Å². The van der Waals surface area contributed by atoms with Crippen molar-refractivity contribution >= 4 is 0 Å². The normalized spacial score (nSPS) is 17.0. The molecule has 1 aliphatic heterocycles. The van der Waals surface area contributed by atoms with E-state index in [4.69, 9.17) is 9.47 Å². The van der Waals surface area contributed by atoms with E-state index in [2.05, 4.69) is 21.9 Å². The van der Waals surface area contributed by atoms with Crippen LogP contribution in [0.25, 0.3) is 0 Å². The number of alkyl halides is 2. The summed E-state index contributed by atoms with van der Waals surface area (Å²) >= 11 is 0. The number of rotatable bonds is 9. The SMILES string of the molecule is CCOc1cc(CNC(C)CN2CCOCC2)ccc1OC(F)F. The smallest absolute Gasteiger partial charge is 0.387 e. The third-order valence-electron chi connectivity index (χ3n) is 3.81. The fraction of sp³-hybridized carbons (Fsp3) is 0.647. The van der Waals surface area contributed by atoms with Crippen LogP contribution < -0.4 is 14.8 Å². The molecule has 0 bridgehead atoms. The van der Waals surface area contributed by atoms with Gasteiger partial charge in [-0.15, -0.1) is 0 Å². The highest BCUT2D eigenvalue weighted by atomic mass is 19.3. The van der Waals surface area contributed by atoms with E-state index in [1.807, 2.05) is 6.92 Å². The van der Waals surface area contributed by atoms with Gasteiger partial charge in [-0.25, -0.2) is 0 Å². The molecule has 1 heterocycles. The quantitative estimate of drug-likeness (QED) is 0.746. The van der Waals surface area contributed by atoms with Crippen molar-refractivity contribution < 1.29 is 23.0 Å². The van der Waals surface area contributed by atoms with Crippen molar-refractivity contribution in [2.45, 2.75) is 33.0 Å². The Balaban J connectivity index is 1.87. The highest BCUT2D eigenvalue weighted by Gasteiger charge is 2.14. The molecule has 5 nitrogen and oxygen atoms in total. The minimum absolute atomic E-state index is 0.0666. The van der Waals surface area contributed by atoms with Crippen molar-refractivity contribution in [2.24, 2.45) is 0 Å². The first kappa shape index (κ1) is 18.9. The molecule has 7 heteroatoms. The van der Waals surface area contributed by atoms with Crippen LogP contribution in [0, 0.1) is 0 Å². The zero-order valence-corrected chi connectivity index (χ0v) is 14.3. The first-order valence-electron chi connectivity index (χ1n) is 8.32. The topological polar surface area (TPSA) is 43.0 Å². The molecule has 0 saturated carbocycles. The number of nitrogens with one attached hydrogen (secondary N) is 1. The van der Waals surface area contributed by atoms with E-state index in [0.29, 0.717) is 24.9 Å². The summed E-state index contributed by atoms with van der Waals surface area (Å²) in [6.45, 7) is 6.56. The summed E-state index contributed by atoms with van der Waals surface area (Å²) in [6, 6.07) is 5.36. The lowest BCUT2D eigenvalue weighted by Gasteiger charge is -2.29. The molecule has 1 atom stereocenters. The molecule has 1 aliphatic rings. The van der Waals surface area contributed by atoms with Gasteiger partial charge in [0.1, 0.15) is 0 Å². The molecule has 24 heavy (non-hydrogen) atoms. The predicted octanol–water partition coefficient (Wildman–Crippen LogP) is 2.50. The summed E-state index contributed by atoms with van der Waals surface area (Å²) < 4.78 is 40.1. The number of morpholine rings is 1. The molecule has 136 valence electrons. The van der Waals surface area contributed by atoms with Crippen LogP contribution in [-0.2, 0) is 11.3 Å². The van der Waals surface area contributed by atoms with Crippen LogP contribution in [0.5, 0.6) is 11.5 Å². The highest BCUT2D eigenvalue weighted by Crippen LogP contribution is 2.29. The first-order chi connectivity index (χ1) is 11.6. The minimum atomic E-state index is -2.86. The van der Waals surface area contributed by atoms with Crippen molar-refractivity contribution in [3.05, 3.63) is 23.8 Å². The molecule has 1 aromatic rings. The Morgan fingerprint density at radius 1 is 1.25 bits per heavy atom. The van der Waals surface area contributed by atoms with Gasteiger partial charge in [0.25, 0.3) is 0 Å². The van der Waals surface area contributed by atoms with E-state index in [1.54, 1.807) is 12.1 Å². The molecule has 0 spiro atoms. The standard InChI is InChI=1S/C17H26F2N2O3/c1-3-23-16-10-14(4-5-15(16)24-17(18)19)11-20-13(2)12-21-6-8-22-9-7-21/h4-5,10,13,17,20H,3,6-9,11-12H2,1-2H3. The van der Waals surface area contributed by atoms with Gasteiger partial charge in [0.2, 0.25) is 0 Å². The van der Waals surface area contributed by atoms with Gasteiger partial charge < -0.3 is 19.5 Å². The van der Waals surface area contributed by atoms with Crippen molar-refractivity contribution in [2.75, 3.05) is 39.5 Å². The molecule has 2 rings (SSSR count). The lowest BCUT2D eigenvalue weighted by Crippen LogP contribution is -2.44. The van der Waals surface area contributed by atoms with E-state index in [9.17, 15) is 8.78 Å². The maximum atomic E-state index is 12.4. The Labute approximate surface area is 141 Å². The van der Waals surface area contributed by atoms with Crippen molar-refractivity contribution in [1.82, 2.24) is 10.2 Å². The molecule has 1 aromatic carbocycles. The number of hydrogen-bond acceptors (Lipinski definition) is 5. The van der Waals surface area contributed by atoms with Crippen molar-refractivity contribution in [1.29, 1.82) is 0 Å². The van der Waals surface area contributed by atoms with Gasteiger partial charge in [-0.1, -0.05) is 6.07 Å². The van der Waals surface area contributed by atoms with Crippen LogP contribution in [0.3, 0.4) is 0 Å². The molecular formula is C17H26F2N2O3. The Morgan fingerprint density at radius 3 is 2.67 bits per heavy atom. The van der Waals surface area contributed by atoms with Gasteiger partial charge in [-0.05, 0) is 31.5 Å². The van der Waals surface area contributed by atoms with Crippen LogP contribution in [-0.4, -0.2) is 57.0 Å². The second kappa shape index (κ2) is 9.76. The Kier molecular flexibility index (Phi) is 7.68. The monoisotopic (exact) mass is 344 g/mol. The number of hydrogen-bond donors (Lipinski definition) is 1. The van der Waals surface area contributed by atoms with Crippen LogP contribution in [0.4, 0.5) is 8.78 Å². The largest absolute Gasteiger partial charge is 0.490 e. The van der Waals surface area contributed by atoms with Gasteiger partial charge in [-0.2, -0.15) is 8.78 Å². The Bertz CT molecular complexity index is 497. The molecule has 1 unspecified atom stereocenters. The average Bonchev–Trinajstić information content (AvgIpc) is 2.56. The average molecular weight is 344 g/mol. The van der Waals surface area contributed by atoms with Crippen LogP contribution >= 0.6 is 0 Å². The fourth-order valence-corrected chi connectivity index (χ4v) is 2.65. The molecule has 0 aromatic heterocycles. The van der Waals surface area contributed by atoms with E-state index in [-0.39, 0.29) is 5.75 Å². The second-order valence-corrected chi connectivity index (χ2v) is 5.79. The van der Waals surface area contributed by atoms with Gasteiger partial charge >= 0.3 is 6.61 Å². The second-order valence-electron chi connectivity index (χ2n) is 5.79. The zero-order valence-electron chi connectivity index (χ0n) is 14.3. The molecular weight excluding hydrogens is 318 g/mol. The van der Waals surface area contributed by atoms with E-state index < -0.39 is 6.61 Å². The maximum absolute atomic E-state index is 12.4. The van der Waals surface area contributed by atoms with Crippen LogP contribution in [0.1, 0.15) is 19.4 Å². The van der Waals surface area contributed by atoms with Gasteiger partial charge in [0, 0.05) is 32.2 Å². The molecule has 1 N–H and O–H groups in total. The van der Waals surface area contributed by atoms with Gasteiger partial charge in [0.15, 0.2) is 11.5 Å². The van der Waals surface area contributed by atoms with E-state index >= 15 is 0 Å². The van der Waals surface area contributed by atoms with Crippen molar-refractivity contribution in [3.63, 3.8) is 0 Å². The number of halogens is 2. The predicted molar refractivity (Wildman–Crippen MR) is 87.8 cm³/mol. The van der Waals surface area contributed by atoms with E-state index in [1.165, 1.54) is 6.07 Å². The fourth-order valence-electron chi connectivity index (χ4n) is 2.65. The summed E-state index contributed by atoms with van der Waals surface area (Å²) in [4.78, 5) is 2.37. The van der Waals surface area contributed by atoms with Crippen molar-refractivity contribution in [3.8, 4) is 11.5 Å². The molecule has 1 fully saturated rings. The molecule has 0 aliphatic carbocycles. The summed E-state index contributed by atoms with van der Waals surface area (Å²) in [5, 5.41) is 3.45. The summed E-state index contributed by atoms with van der Waals surface area (Å²) in [5.41, 5.74) is 0.967. The van der Waals surface area contributed by atoms with Gasteiger partial charge in [0.05, 0.1) is 19.8 Å². The number of nitrogens with zero attached hydrogens (tertiary/aromatic N) is 1. The Morgan fingerprint density at radius 2 is 2.00 bits per heavy atom. The molecule has 1 saturated heterocycles. The third-order valence-corrected chi connectivity index (χ3v) is 3.81. The lowest BCUT2D eigenvalue weighted by molar-refractivity contribution is -0.0514. The highest BCUT2D eigenvalue weighted by molar-refractivity contribution is 5.43. The summed E-state index contributed by atoms with van der Waals surface area (Å²) in [7, 11) is 0. The minimum Gasteiger partial charge on any atom is -0.490 e. The molecule has 0 amide bonds. The summed E-state index contributed by atoms with van der Waals surface area (Å²) in [5.74, 6) is 0.412. The lowest BCUT2D eigenvalue weighted by atomic mass is 10.2. The number of ether oxygens (including phenoxy) is 3. The van der Waals surface area contributed by atoms with Crippen LogP contribution in [0.15, 0.2) is 18.2 Å². The Hall–Kier alpha value is -1.44. The molecule has 0 radical (unpaired) electrons.